The van der Waals surface area contributed by atoms with Crippen LogP contribution in [0.3, 0.4) is 0 Å². The highest BCUT2D eigenvalue weighted by atomic mass is 16.5. The number of carboxylic acids is 2. The minimum Gasteiger partial charge on any atom is -0.480 e. The van der Waals surface area contributed by atoms with Gasteiger partial charge in [0.05, 0.1) is 39.6 Å². The van der Waals surface area contributed by atoms with E-state index in [1.807, 2.05) is 6.92 Å². The summed E-state index contributed by atoms with van der Waals surface area (Å²) in [4.78, 5) is 69.3. The Kier molecular flexibility index (Phi) is 24.3. The van der Waals surface area contributed by atoms with Gasteiger partial charge in [-0.2, -0.15) is 0 Å². The molecule has 4 amide bonds. The van der Waals surface area contributed by atoms with Crippen molar-refractivity contribution in [1.29, 1.82) is 0 Å². The number of ether oxygens (including phenoxy) is 4. The summed E-state index contributed by atoms with van der Waals surface area (Å²) < 4.78 is 20.9. The molecule has 0 aromatic carbocycles. The van der Waals surface area contributed by atoms with Crippen molar-refractivity contribution in [1.82, 2.24) is 21.3 Å². The maximum Gasteiger partial charge on any atom is 0.326 e. The number of hydrogen-bond acceptors (Lipinski definition) is 10. The molecule has 248 valence electrons. The molecule has 16 nitrogen and oxygen atoms in total. The van der Waals surface area contributed by atoms with Crippen molar-refractivity contribution >= 4 is 35.6 Å². The minimum absolute atomic E-state index is 0.0187. The van der Waals surface area contributed by atoms with Gasteiger partial charge in [0.1, 0.15) is 25.3 Å². The highest BCUT2D eigenvalue weighted by Crippen LogP contribution is 2.02. The summed E-state index contributed by atoms with van der Waals surface area (Å²) in [5, 5.41) is 28.2. The Morgan fingerprint density at radius 1 is 0.581 bits per heavy atom. The van der Waals surface area contributed by atoms with Crippen molar-refractivity contribution in [2.24, 2.45) is 0 Å². The molecule has 0 unspecified atom stereocenters. The van der Waals surface area contributed by atoms with E-state index in [9.17, 15) is 33.9 Å². The van der Waals surface area contributed by atoms with E-state index in [2.05, 4.69) is 21.3 Å². The molecule has 0 saturated carbocycles. The van der Waals surface area contributed by atoms with E-state index in [1.165, 1.54) is 0 Å². The summed E-state index contributed by atoms with van der Waals surface area (Å²) in [6.07, 6.45) is 2.97. The molecule has 0 radical (unpaired) electrons. The Balaban J connectivity index is 3.67. The zero-order valence-corrected chi connectivity index (χ0v) is 25.2. The maximum absolute atomic E-state index is 11.9. The third kappa shape index (κ3) is 23.9. The molecule has 0 aliphatic rings. The average Bonchev–Trinajstić information content (AvgIpc) is 2.96. The second kappa shape index (κ2) is 26.3. The summed E-state index contributed by atoms with van der Waals surface area (Å²) in [5.74, 6) is -3.86. The maximum atomic E-state index is 11.9. The van der Waals surface area contributed by atoms with E-state index in [4.69, 9.17) is 24.1 Å². The number of rotatable bonds is 28. The number of aliphatic carboxylic acids is 2. The smallest absolute Gasteiger partial charge is 0.326 e. The molecule has 0 aromatic heterocycles. The number of unbranched alkanes of at least 4 members (excludes halogenated alkanes) is 2. The molecule has 0 aromatic rings. The molecule has 0 fully saturated rings. The summed E-state index contributed by atoms with van der Waals surface area (Å²) in [6, 6.07) is -2.07. The molecule has 43 heavy (non-hydrogen) atoms. The van der Waals surface area contributed by atoms with Crippen molar-refractivity contribution in [2.45, 2.75) is 70.9 Å². The lowest BCUT2D eigenvalue weighted by Gasteiger charge is -2.14. The first-order valence-electron chi connectivity index (χ1n) is 14.5. The van der Waals surface area contributed by atoms with Gasteiger partial charge >= 0.3 is 11.9 Å². The van der Waals surface area contributed by atoms with Crippen LogP contribution >= 0.6 is 0 Å². The molecule has 0 rings (SSSR count). The van der Waals surface area contributed by atoms with Crippen LogP contribution < -0.4 is 21.3 Å². The molecule has 0 spiro atoms. The Morgan fingerprint density at radius 2 is 1.09 bits per heavy atom. The van der Waals surface area contributed by atoms with E-state index in [-0.39, 0.29) is 109 Å². The van der Waals surface area contributed by atoms with Crippen LogP contribution in [0.15, 0.2) is 0 Å². The zero-order chi connectivity index (χ0) is 32.3. The van der Waals surface area contributed by atoms with Crippen LogP contribution in [0, 0.1) is 0 Å². The van der Waals surface area contributed by atoms with Gasteiger partial charge in [0.15, 0.2) is 0 Å². The second-order valence-corrected chi connectivity index (χ2v) is 9.35. The van der Waals surface area contributed by atoms with E-state index < -0.39 is 29.9 Å². The average molecular weight is 621 g/mol. The molecule has 0 saturated heterocycles. The standard InChI is InChI=1S/C27H48N4O12/c1-3-5-6-7-23(33)31-21(27(38)39)8-9-22(32)28-10-12-40-14-16-42-18-24(34)29-11-13-41-15-17-43-19-25(35)30-20(4-2)26(36)37/h20-21H,3-19H2,1-2H3,(H,28,32)(H,29,34)(H,30,35)(H,31,33)(H,36,37)(H,38,39)/t20-,21-/m0/s1. The van der Waals surface area contributed by atoms with Gasteiger partial charge in [-0.25, -0.2) is 9.59 Å². The fourth-order valence-electron chi connectivity index (χ4n) is 3.34. The highest BCUT2D eigenvalue weighted by Gasteiger charge is 2.21. The van der Waals surface area contributed by atoms with Crippen molar-refractivity contribution < 1.29 is 57.9 Å². The summed E-state index contributed by atoms with van der Waals surface area (Å²) >= 11 is 0. The van der Waals surface area contributed by atoms with Gasteiger partial charge in [0, 0.05) is 25.9 Å². The lowest BCUT2D eigenvalue weighted by Crippen LogP contribution is -2.42. The van der Waals surface area contributed by atoms with Gasteiger partial charge in [0.25, 0.3) is 0 Å². The molecule has 2 atom stereocenters. The molecular weight excluding hydrogens is 572 g/mol. The molecule has 0 aliphatic heterocycles. The second-order valence-electron chi connectivity index (χ2n) is 9.35. The van der Waals surface area contributed by atoms with E-state index in [1.54, 1.807) is 6.92 Å². The van der Waals surface area contributed by atoms with E-state index in [0.717, 1.165) is 12.8 Å². The number of carboxylic acid groups (broad SMARTS) is 2. The molecule has 0 heterocycles. The van der Waals surface area contributed by atoms with Gasteiger partial charge < -0.3 is 50.4 Å². The van der Waals surface area contributed by atoms with Crippen LogP contribution in [-0.2, 0) is 47.7 Å². The largest absolute Gasteiger partial charge is 0.480 e. The molecule has 0 aliphatic carbocycles. The number of carbonyl (C=O) groups excluding carboxylic acids is 4. The monoisotopic (exact) mass is 620 g/mol. The van der Waals surface area contributed by atoms with Crippen LogP contribution in [0.5, 0.6) is 0 Å². The van der Waals surface area contributed by atoms with Gasteiger partial charge in [-0.05, 0) is 19.3 Å². The van der Waals surface area contributed by atoms with Crippen LogP contribution in [-0.4, -0.2) is 124 Å². The number of nitrogens with one attached hydrogen (secondary N) is 4. The fourth-order valence-corrected chi connectivity index (χ4v) is 3.34. The summed E-state index contributed by atoms with van der Waals surface area (Å²) in [5.41, 5.74) is 0. The van der Waals surface area contributed by atoms with Crippen molar-refractivity contribution in [2.75, 3.05) is 65.9 Å². The topological polar surface area (TPSA) is 228 Å². The predicted octanol–water partition coefficient (Wildman–Crippen LogP) is -0.805. The molecule has 0 bridgehead atoms. The van der Waals surface area contributed by atoms with E-state index in [0.29, 0.717) is 6.42 Å². The minimum atomic E-state index is -1.19. The first-order chi connectivity index (χ1) is 20.6. The first-order valence-corrected chi connectivity index (χ1v) is 14.5. The quantitative estimate of drug-likeness (QED) is 0.0591. The van der Waals surface area contributed by atoms with Crippen LogP contribution in [0.25, 0.3) is 0 Å². The number of carbonyl (C=O) groups is 6. The molecule has 6 N–H and O–H groups in total. The number of hydrogen-bond donors (Lipinski definition) is 6. The van der Waals surface area contributed by atoms with Gasteiger partial charge in [0.2, 0.25) is 23.6 Å². The van der Waals surface area contributed by atoms with Crippen molar-refractivity contribution in [3.63, 3.8) is 0 Å². The fraction of sp³-hybridized carbons (Fsp3) is 0.778. The lowest BCUT2D eigenvalue weighted by molar-refractivity contribution is -0.142. The SMILES string of the molecule is CCCCCC(=O)N[C@@H](CCC(=O)NCCOCCOCC(=O)NCCOCCOCC(=O)N[C@@H](CC)C(=O)O)C(=O)O. The lowest BCUT2D eigenvalue weighted by atomic mass is 10.1. The molecular formula is C27H48N4O12. The summed E-state index contributed by atoms with van der Waals surface area (Å²) in [6.45, 7) is 4.74. The third-order valence-corrected chi connectivity index (χ3v) is 5.69. The van der Waals surface area contributed by atoms with Crippen LogP contribution in [0.2, 0.25) is 0 Å². The van der Waals surface area contributed by atoms with Crippen molar-refractivity contribution in [3.05, 3.63) is 0 Å². The highest BCUT2D eigenvalue weighted by molar-refractivity contribution is 5.85. The number of amides is 4. The van der Waals surface area contributed by atoms with Crippen LogP contribution in [0.4, 0.5) is 0 Å². The normalized spacial score (nSPS) is 12.1. The zero-order valence-electron chi connectivity index (χ0n) is 25.2. The summed E-state index contributed by atoms with van der Waals surface area (Å²) in [7, 11) is 0. The Morgan fingerprint density at radius 3 is 1.63 bits per heavy atom. The molecule has 16 heteroatoms. The van der Waals surface area contributed by atoms with Gasteiger partial charge in [-0.15, -0.1) is 0 Å². The van der Waals surface area contributed by atoms with Crippen LogP contribution in [0.1, 0.15) is 58.8 Å². The van der Waals surface area contributed by atoms with Gasteiger partial charge in [-0.3, -0.25) is 19.2 Å². The van der Waals surface area contributed by atoms with Gasteiger partial charge in [-0.1, -0.05) is 26.7 Å². The Labute approximate surface area is 251 Å². The van der Waals surface area contributed by atoms with E-state index >= 15 is 0 Å². The third-order valence-electron chi connectivity index (χ3n) is 5.69. The predicted molar refractivity (Wildman–Crippen MR) is 152 cm³/mol. The Hall–Kier alpha value is -3.34. The first kappa shape index (κ1) is 39.7. The Bertz CT molecular complexity index is 843. The van der Waals surface area contributed by atoms with Crippen molar-refractivity contribution in [3.8, 4) is 0 Å².